The number of thioether (sulfide) groups is 1. The van der Waals surface area contributed by atoms with E-state index in [-0.39, 0.29) is 4.75 Å². The Kier molecular flexibility index (Phi) is 13.3. The SMILES string of the molecule is SCCSCC[Se]C(CS)C(S)(CS)CS. The van der Waals surface area contributed by atoms with Crippen molar-refractivity contribution in [2.75, 3.05) is 34.5 Å². The molecule has 16 heavy (non-hydrogen) atoms. The van der Waals surface area contributed by atoms with E-state index < -0.39 is 0 Å². The molecule has 0 rings (SSSR count). The summed E-state index contributed by atoms with van der Waals surface area (Å²) >= 11 is 24.7. The van der Waals surface area contributed by atoms with Crippen molar-refractivity contribution >= 4 is 89.9 Å². The maximum atomic E-state index is 4.73. The molecule has 0 amide bonds. The molecule has 0 aromatic rings. The summed E-state index contributed by atoms with van der Waals surface area (Å²) in [6, 6.07) is 0. The Morgan fingerprint density at radius 2 is 1.69 bits per heavy atom. The van der Waals surface area contributed by atoms with Crippen LogP contribution in [0.2, 0.25) is 10.1 Å². The molecule has 1 unspecified atom stereocenters. The summed E-state index contributed by atoms with van der Waals surface area (Å²) in [4.78, 5) is 0.554. The molecule has 0 nitrogen and oxygen atoms in total. The summed E-state index contributed by atoms with van der Waals surface area (Å²) in [6.07, 6.45) is 0. The second-order valence-corrected chi connectivity index (χ2v) is 9.61. The molecule has 0 saturated heterocycles. The third-order valence-electron chi connectivity index (χ3n) is 2.10. The first-order valence-electron chi connectivity index (χ1n) is 4.99. The van der Waals surface area contributed by atoms with Crippen LogP contribution in [0.4, 0.5) is 0 Å². The van der Waals surface area contributed by atoms with Gasteiger partial charge in [-0.05, 0) is 0 Å². The molecule has 0 aliphatic heterocycles. The molecule has 0 bridgehead atoms. The van der Waals surface area contributed by atoms with E-state index in [1.54, 1.807) is 0 Å². The summed E-state index contributed by atoms with van der Waals surface area (Å²) in [6.45, 7) is 0. The molecule has 7 heteroatoms. The van der Waals surface area contributed by atoms with Gasteiger partial charge in [0.2, 0.25) is 0 Å². The zero-order valence-electron chi connectivity index (χ0n) is 9.08. The summed E-state index contributed by atoms with van der Waals surface area (Å²) in [5.74, 6) is 5.79. The molecular formula is C9H20S6Se. The van der Waals surface area contributed by atoms with E-state index in [0.717, 1.165) is 28.8 Å². The molecule has 0 spiro atoms. The van der Waals surface area contributed by atoms with Gasteiger partial charge in [-0.25, -0.2) is 0 Å². The normalized spacial score (nSPS) is 14.1. The van der Waals surface area contributed by atoms with E-state index in [0.29, 0.717) is 19.8 Å². The average molecular weight is 400 g/mol. The van der Waals surface area contributed by atoms with E-state index in [4.69, 9.17) is 12.6 Å². The molecule has 0 aliphatic rings. The van der Waals surface area contributed by atoms with Gasteiger partial charge >= 0.3 is 139 Å². The predicted octanol–water partition coefficient (Wildman–Crippen LogP) is 3.02. The van der Waals surface area contributed by atoms with Crippen LogP contribution in [0, 0.1) is 0 Å². The van der Waals surface area contributed by atoms with Gasteiger partial charge in [0.25, 0.3) is 0 Å². The van der Waals surface area contributed by atoms with Gasteiger partial charge in [0, 0.05) is 0 Å². The Labute approximate surface area is 138 Å². The summed E-state index contributed by atoms with van der Waals surface area (Å²) in [7, 11) is 0. The number of hydrogen-bond acceptors (Lipinski definition) is 6. The van der Waals surface area contributed by atoms with Crippen molar-refractivity contribution < 1.29 is 0 Å². The maximum absolute atomic E-state index is 4.73. The van der Waals surface area contributed by atoms with Crippen LogP contribution in [-0.4, -0.2) is 54.2 Å². The van der Waals surface area contributed by atoms with Gasteiger partial charge in [-0.2, -0.15) is 0 Å². The molecule has 0 radical (unpaired) electrons. The van der Waals surface area contributed by atoms with Crippen molar-refractivity contribution in [3.05, 3.63) is 0 Å². The summed E-state index contributed by atoms with van der Waals surface area (Å²) in [5.41, 5.74) is 0. The Morgan fingerprint density at radius 1 is 1.06 bits per heavy atom. The van der Waals surface area contributed by atoms with Crippen LogP contribution in [0.3, 0.4) is 0 Å². The Morgan fingerprint density at radius 3 is 2.12 bits per heavy atom. The number of hydrogen-bond donors (Lipinski definition) is 5. The van der Waals surface area contributed by atoms with Crippen molar-refractivity contribution in [3.8, 4) is 0 Å². The molecule has 0 fully saturated rings. The van der Waals surface area contributed by atoms with Crippen LogP contribution in [0.5, 0.6) is 0 Å². The minimum atomic E-state index is -0.0534. The molecule has 98 valence electrons. The predicted molar refractivity (Wildman–Crippen MR) is 98.8 cm³/mol. The van der Waals surface area contributed by atoms with Crippen LogP contribution in [-0.2, 0) is 0 Å². The van der Waals surface area contributed by atoms with Gasteiger partial charge in [-0.3, -0.25) is 0 Å². The fourth-order valence-electron chi connectivity index (χ4n) is 1.05. The number of rotatable bonds is 10. The van der Waals surface area contributed by atoms with Gasteiger partial charge < -0.3 is 0 Å². The van der Waals surface area contributed by atoms with Gasteiger partial charge in [-0.1, -0.05) is 0 Å². The molecule has 0 N–H and O–H groups in total. The standard InChI is InChI=1S/C9H20S6Se/c10-1-2-15-3-4-16-8(5-11)9(14,6-12)7-13/h8,10-14H,1-7H2. The first kappa shape index (κ1) is 18.6. The molecule has 0 saturated carbocycles. The zero-order chi connectivity index (χ0) is 12.4. The fraction of sp³-hybridized carbons (Fsp3) is 1.00. The summed E-state index contributed by atoms with van der Waals surface area (Å²) in [5, 5.41) is 1.28. The van der Waals surface area contributed by atoms with Crippen LogP contribution in [0.25, 0.3) is 0 Å². The van der Waals surface area contributed by atoms with Crippen LogP contribution >= 0.6 is 74.9 Å². The summed E-state index contributed by atoms with van der Waals surface area (Å²) < 4.78 is -0.0534. The van der Waals surface area contributed by atoms with Crippen molar-refractivity contribution in [1.29, 1.82) is 0 Å². The first-order valence-corrected chi connectivity index (χ1v) is 11.3. The van der Waals surface area contributed by atoms with Crippen LogP contribution < -0.4 is 0 Å². The average Bonchev–Trinajstić information content (AvgIpc) is 2.33. The molecule has 0 aromatic carbocycles. The molecule has 0 aromatic heterocycles. The zero-order valence-corrected chi connectivity index (χ0v) is 16.1. The van der Waals surface area contributed by atoms with E-state index in [1.807, 2.05) is 11.8 Å². The monoisotopic (exact) mass is 400 g/mol. The number of thiol groups is 5. The third-order valence-corrected chi connectivity index (χ3v) is 10.8. The van der Waals surface area contributed by atoms with E-state index in [1.165, 1.54) is 11.1 Å². The van der Waals surface area contributed by atoms with Gasteiger partial charge in [0.1, 0.15) is 0 Å². The van der Waals surface area contributed by atoms with Crippen LogP contribution in [0.15, 0.2) is 0 Å². The van der Waals surface area contributed by atoms with Crippen molar-refractivity contribution in [2.24, 2.45) is 0 Å². The molecule has 0 aliphatic carbocycles. The second-order valence-electron chi connectivity index (χ2n) is 3.30. The minimum absolute atomic E-state index is 0.0534. The van der Waals surface area contributed by atoms with Crippen LogP contribution in [0.1, 0.15) is 0 Å². The Balaban J connectivity index is 3.90. The molecule has 1 atom stereocenters. The van der Waals surface area contributed by atoms with E-state index in [2.05, 4.69) is 50.5 Å². The van der Waals surface area contributed by atoms with Crippen molar-refractivity contribution in [3.63, 3.8) is 0 Å². The van der Waals surface area contributed by atoms with Gasteiger partial charge in [0.05, 0.1) is 0 Å². The van der Waals surface area contributed by atoms with Gasteiger partial charge in [0.15, 0.2) is 0 Å². The Bertz CT molecular complexity index is 164. The second kappa shape index (κ2) is 11.4. The molecule has 0 heterocycles. The fourth-order valence-corrected chi connectivity index (χ4v) is 8.06. The topological polar surface area (TPSA) is 0 Å². The Hall–Kier alpha value is 2.62. The third kappa shape index (κ3) is 7.27. The van der Waals surface area contributed by atoms with Crippen molar-refractivity contribution in [1.82, 2.24) is 0 Å². The first-order chi connectivity index (χ1) is 7.64. The van der Waals surface area contributed by atoms with Crippen molar-refractivity contribution in [2.45, 2.75) is 14.9 Å². The molecular weight excluding hydrogens is 379 g/mol. The van der Waals surface area contributed by atoms with E-state index in [9.17, 15) is 0 Å². The van der Waals surface area contributed by atoms with Gasteiger partial charge in [-0.15, -0.1) is 0 Å². The van der Waals surface area contributed by atoms with E-state index >= 15 is 0 Å². The quantitative estimate of drug-likeness (QED) is 0.214.